The first-order valence-corrected chi connectivity index (χ1v) is 43.1. The van der Waals surface area contributed by atoms with E-state index in [4.69, 9.17) is 112 Å². The minimum absolute atomic E-state index is 0. The van der Waals surface area contributed by atoms with Crippen LogP contribution in [0.4, 0.5) is 5.69 Å². The Morgan fingerprint density at radius 1 is 0.264 bits per heavy atom. The number of nitrogens with two attached hydrogens (primary N) is 1. The molecule has 4 N–H and O–H groups in total. The van der Waals surface area contributed by atoms with Crippen molar-refractivity contribution in [2.24, 2.45) is 87.4 Å². The van der Waals surface area contributed by atoms with E-state index < -0.39 is 11.9 Å². The average molecular weight is 2060 g/mol. The van der Waals surface area contributed by atoms with Gasteiger partial charge in [-0.3, -0.25) is 14.4 Å². The third kappa shape index (κ3) is 44.5. The van der Waals surface area contributed by atoms with E-state index in [1.54, 1.807) is 88.4 Å². The number of Topliss-reactive ketones (excluding diaryl/α,β-unsaturated/α-hetero) is 1. The molecule has 4 rings (SSSR count). The van der Waals surface area contributed by atoms with Gasteiger partial charge in [-0.1, -0.05) is 60.7 Å². The van der Waals surface area contributed by atoms with E-state index in [0.717, 1.165) is 116 Å². The molecule has 31 nitrogen and oxygen atoms in total. The summed E-state index contributed by atoms with van der Waals surface area (Å²) in [5.41, 5.74) is 14.2. The average Bonchev–Trinajstić information content (AvgIpc) is 0.859. The Balaban J connectivity index is -0.000000773. The van der Waals surface area contributed by atoms with Gasteiger partial charge in [0, 0.05) is 192 Å². The summed E-state index contributed by atoms with van der Waals surface area (Å²) in [6.45, 7) is 54.0. The Morgan fingerprint density at radius 2 is 0.424 bits per heavy atom. The molecule has 0 fully saturated rings. The molecular weight excluding hydrogens is 1940 g/mol. The molecular formula is C82H118Cu4N26O5S8. The normalized spacial score (nSPS) is 12.9. The monoisotopic (exact) mass is 2050 g/mol. The Bertz CT molecular complexity index is 4130. The number of carbonyl (C=O) groups is 4. The number of ketones is 1. The number of nitrogens with one attached hydrogen (secondary N) is 1. The van der Waals surface area contributed by atoms with Crippen LogP contribution < -0.4 is 11.1 Å². The maximum atomic E-state index is 11.6. The van der Waals surface area contributed by atoms with Crippen LogP contribution in [-0.4, -0.2) is 260 Å². The van der Waals surface area contributed by atoms with Gasteiger partial charge in [-0.05, 0) is 182 Å². The molecule has 0 spiro atoms. The first-order chi connectivity index (χ1) is 57.6. The molecule has 0 aliphatic rings. The first-order valence-electron chi connectivity index (χ1n) is 39.8. The summed E-state index contributed by atoms with van der Waals surface area (Å²) < 4.78 is 0. The fourth-order valence-corrected chi connectivity index (χ4v) is 12.6. The van der Waals surface area contributed by atoms with Crippen LogP contribution >= 0.6 is 0 Å². The number of anilines is 1. The molecule has 125 heavy (non-hydrogen) atoms. The second-order valence-corrected chi connectivity index (χ2v) is 28.1. The van der Waals surface area contributed by atoms with Gasteiger partial charge in [0.05, 0.1) is 28.4 Å². The van der Waals surface area contributed by atoms with E-state index in [2.05, 4.69) is 86.9 Å². The van der Waals surface area contributed by atoms with Crippen LogP contribution in [0.1, 0.15) is 206 Å². The SMILES string of the molecule is CCN(CC)C([S-])=NN=C(C)C(=NN=C([S-])N(CC)CC)c1ccc(C(=O)O)cc1.CCN(CC)C([S-])=NN=C(C)C(=NN=C([S-])N(CC)CC)c1ccc(C(C)=O)cc1.CCN(CC)C([S-])=NN=C(C)C(=NN=C([S-])N(CC)CC)c1ccc(C(N)=O)cc1.CCN(CC)C([S-])=NN=C(C)C(=NN=C([S-])N(CC)CC)c1ccc(NC(C)=O)cc1.[Cu+2].[Cu+2].[Cu+2].[Cu+2]. The third-order valence-corrected chi connectivity index (χ3v) is 20.3. The molecule has 0 unspecified atom stereocenters. The van der Waals surface area contributed by atoms with E-state index >= 15 is 0 Å². The number of amides is 2. The molecule has 698 valence electrons. The summed E-state index contributed by atoms with van der Waals surface area (Å²) in [6.07, 6.45) is 0. The molecule has 4 aromatic rings. The number of carboxylic acid groups (broad SMARTS) is 1. The molecule has 0 aliphatic heterocycles. The molecule has 0 saturated carbocycles. The Kier molecular flexibility index (Phi) is 68.0. The summed E-state index contributed by atoms with van der Waals surface area (Å²) in [5, 5.41) is 83.0. The van der Waals surface area contributed by atoms with Crippen molar-refractivity contribution in [1.82, 2.24) is 39.2 Å². The summed E-state index contributed by atoms with van der Waals surface area (Å²) in [5.74, 6) is -1.64. The third-order valence-electron chi connectivity index (χ3n) is 17.6. The zero-order valence-electron chi connectivity index (χ0n) is 74.9. The number of amidine groups is 8. The van der Waals surface area contributed by atoms with Gasteiger partial charge >= 0.3 is 74.2 Å². The van der Waals surface area contributed by atoms with E-state index in [0.29, 0.717) is 115 Å². The van der Waals surface area contributed by atoms with Gasteiger partial charge in [-0.15, -0.1) is 20.4 Å². The zero-order chi connectivity index (χ0) is 91.4. The van der Waals surface area contributed by atoms with Crippen molar-refractivity contribution in [2.75, 3.05) is 110 Å². The number of rotatable bonds is 36. The summed E-state index contributed by atoms with van der Waals surface area (Å²) in [7, 11) is 0. The molecule has 4 radical (unpaired) electrons. The Labute approximate surface area is 827 Å². The van der Waals surface area contributed by atoms with Crippen LogP contribution in [-0.2, 0) is 174 Å². The van der Waals surface area contributed by atoms with E-state index in [-0.39, 0.29) is 85.5 Å². The van der Waals surface area contributed by atoms with Crippen molar-refractivity contribution in [1.29, 1.82) is 0 Å². The summed E-state index contributed by atoms with van der Waals surface area (Å²) in [6, 6.07) is 27.4. The first kappa shape index (κ1) is 123. The maximum Gasteiger partial charge on any atom is 2.00 e. The molecule has 0 aliphatic carbocycles. The van der Waals surface area contributed by atoms with Crippen molar-refractivity contribution in [3.05, 3.63) is 136 Å². The number of hydrogen-bond acceptors (Lipinski definition) is 28. The van der Waals surface area contributed by atoms with Crippen molar-refractivity contribution in [2.45, 2.75) is 152 Å². The van der Waals surface area contributed by atoms with E-state index in [1.165, 1.54) is 26.0 Å². The number of carbonyl (C=O) groups excluding carboxylic acids is 3. The van der Waals surface area contributed by atoms with Crippen LogP contribution in [0.25, 0.3) is 0 Å². The molecule has 0 heterocycles. The fraction of sp³-hybridized carbons (Fsp3) is 0.463. The number of primary amides is 1. The van der Waals surface area contributed by atoms with E-state index in [1.807, 2.05) is 174 Å². The topological polar surface area (TPSA) is 350 Å². The number of nitrogens with zero attached hydrogens (tertiary/aromatic N) is 24. The quantitative estimate of drug-likeness (QED) is 0.00951. The second kappa shape index (κ2) is 69.0. The number of benzene rings is 4. The minimum Gasteiger partial charge on any atom is -0.741 e. The van der Waals surface area contributed by atoms with E-state index in [9.17, 15) is 19.2 Å². The Morgan fingerprint density at radius 3 is 0.584 bits per heavy atom. The number of aromatic carboxylic acids is 1. The molecule has 0 bridgehead atoms. The molecule has 0 saturated heterocycles. The van der Waals surface area contributed by atoms with Gasteiger partial charge in [-0.25, -0.2) is 4.79 Å². The largest absolute Gasteiger partial charge is 2.00 e. The van der Waals surface area contributed by atoms with Gasteiger partial charge < -0.3 is 156 Å². The second-order valence-electron chi connectivity index (χ2n) is 25.2. The standard InChI is InChI=1S/C21H33N7OS2.C21H32N6OS2.C20H31N7OS2.C20H30N6O2S2.4Cu/c1-7-27(8-2)20(30)25-23-15(5)19(24-26-21(31)28(9-3)10-4)17-11-13-18(14-12-17)22-16(6)29;1-7-26(8-2)20(29)24-22-15(5)19(23-25-21(30)27(9-3)10-4)18-13-11-17(12-14-18)16(6)28;1-6-26(7-2)19(29)24-22-14(5)17(23-25-20(30)27(8-3)9-4)15-10-12-16(13-11-15)18(21)28;1-6-25(7-2)19(29)23-21-14(5)17(22-24-20(30)26(8-3)9-4)15-10-12-16(13-11-15)18(27)28;;;;/h11-14H,7-10H2,1-6H3,(H,22,29)(H,25,30)(H,26,31);11-14H,7-10H2,1-6H3,(H,24,29)(H,25,30);10-13H,6-9H2,1-5H3,(H2,21,28)(H,24,29)(H,25,30);10-13H,6-9H2,1-5H3,(H,23,29)(H,24,30)(H,27,28);;;;/q;;;;4*+2/p-8. The Hall–Kier alpha value is -8.08. The molecule has 0 aromatic heterocycles. The van der Waals surface area contributed by atoms with Gasteiger partial charge in [0.2, 0.25) is 11.8 Å². The molecule has 0 atom stereocenters. The zero-order valence-corrected chi connectivity index (χ0v) is 85.2. The molecule has 4 aromatic carbocycles. The van der Waals surface area contributed by atoms with Crippen molar-refractivity contribution in [3.8, 4) is 0 Å². The van der Waals surface area contributed by atoms with Crippen LogP contribution in [0.15, 0.2) is 179 Å². The van der Waals surface area contributed by atoms with Crippen molar-refractivity contribution < 1.29 is 92.6 Å². The van der Waals surface area contributed by atoms with Crippen LogP contribution in [0.2, 0.25) is 0 Å². The fourth-order valence-electron chi connectivity index (χ4n) is 10.2. The summed E-state index contributed by atoms with van der Waals surface area (Å²) >= 11 is 42.8. The van der Waals surface area contributed by atoms with Gasteiger partial charge in [0.15, 0.2) is 5.78 Å². The maximum absolute atomic E-state index is 11.6. The minimum atomic E-state index is -1.00. The molecule has 2 amide bonds. The number of hydrogen-bond donors (Lipinski definition) is 3. The van der Waals surface area contributed by atoms with Crippen LogP contribution in [0, 0.1) is 0 Å². The number of carboxylic acids is 1. The van der Waals surface area contributed by atoms with Gasteiger partial charge in [0.1, 0.15) is 22.8 Å². The predicted molar refractivity (Wildman–Crippen MR) is 526 cm³/mol. The van der Waals surface area contributed by atoms with Crippen molar-refractivity contribution in [3.63, 3.8) is 0 Å². The van der Waals surface area contributed by atoms with Gasteiger partial charge in [-0.2, -0.15) is 61.2 Å². The summed E-state index contributed by atoms with van der Waals surface area (Å²) in [4.78, 5) is 60.7. The van der Waals surface area contributed by atoms with Crippen LogP contribution in [0.5, 0.6) is 0 Å². The van der Waals surface area contributed by atoms with Crippen LogP contribution in [0.3, 0.4) is 0 Å². The predicted octanol–water partition coefficient (Wildman–Crippen LogP) is 12.0. The molecule has 43 heteroatoms. The van der Waals surface area contributed by atoms with Crippen molar-refractivity contribution >= 4 is 217 Å². The van der Waals surface area contributed by atoms with Gasteiger partial charge in [0.25, 0.3) is 0 Å². The smallest absolute Gasteiger partial charge is 0.741 e.